The Bertz CT molecular complexity index is 503. The fourth-order valence-electron chi connectivity index (χ4n) is 3.74. The summed E-state index contributed by atoms with van der Waals surface area (Å²) in [7, 11) is 0. The van der Waals surface area contributed by atoms with Crippen LogP contribution in [0.15, 0.2) is 0 Å². The number of hydrogen-bond donors (Lipinski definition) is 3. The highest BCUT2D eigenvalue weighted by Gasteiger charge is 2.47. The average Bonchev–Trinajstić information content (AvgIpc) is 3.12. The van der Waals surface area contributed by atoms with Crippen LogP contribution in [0.3, 0.4) is 0 Å². The van der Waals surface area contributed by atoms with Gasteiger partial charge in [0.05, 0.1) is 12.1 Å². The van der Waals surface area contributed by atoms with Gasteiger partial charge < -0.3 is 20.6 Å². The molecule has 0 saturated carbocycles. The smallest absolute Gasteiger partial charge is 0.318 e. The van der Waals surface area contributed by atoms with E-state index < -0.39 is 5.97 Å². The highest BCUT2D eigenvalue weighted by atomic mass is 32.2. The topological polar surface area (TPSA) is 98.7 Å². The predicted octanol–water partition coefficient (Wildman–Crippen LogP) is 2.21. The zero-order valence-corrected chi connectivity index (χ0v) is 16.4. The first-order chi connectivity index (χ1) is 12.5. The van der Waals surface area contributed by atoms with Crippen molar-refractivity contribution in [3.63, 3.8) is 0 Å². The summed E-state index contributed by atoms with van der Waals surface area (Å²) in [6, 6.07) is 0.648. The van der Waals surface area contributed by atoms with Gasteiger partial charge in [-0.15, -0.1) is 0 Å². The van der Waals surface area contributed by atoms with E-state index >= 15 is 0 Å². The molecule has 3 unspecified atom stereocenters. The number of urea groups is 1. The minimum Gasteiger partial charge on any atom is -0.481 e. The number of nitrogens with zero attached hydrogens (tertiary/aromatic N) is 1. The van der Waals surface area contributed by atoms with Gasteiger partial charge in [0.25, 0.3) is 0 Å². The SMILES string of the molecule is CCN1C(=O)NC2CSC(CCCCC(=O)NCCCCCC(=O)O)C21. The maximum Gasteiger partial charge on any atom is 0.318 e. The van der Waals surface area contributed by atoms with Crippen LogP contribution in [0.1, 0.15) is 58.3 Å². The van der Waals surface area contributed by atoms with Crippen LogP contribution in [-0.4, -0.2) is 64.1 Å². The molecule has 0 aromatic heterocycles. The lowest BCUT2D eigenvalue weighted by molar-refractivity contribution is -0.137. The highest BCUT2D eigenvalue weighted by Crippen LogP contribution is 2.37. The maximum absolute atomic E-state index is 11.9. The number of thioether (sulfide) groups is 1. The van der Waals surface area contributed by atoms with E-state index in [2.05, 4.69) is 10.6 Å². The van der Waals surface area contributed by atoms with Crippen LogP contribution in [0.25, 0.3) is 0 Å². The lowest BCUT2D eigenvalue weighted by Gasteiger charge is -2.26. The van der Waals surface area contributed by atoms with Gasteiger partial charge in [0.1, 0.15) is 0 Å². The van der Waals surface area contributed by atoms with Gasteiger partial charge in [0.2, 0.25) is 5.91 Å². The number of amides is 3. The molecular formula is C18H31N3O4S. The molecule has 2 rings (SSSR count). The molecule has 2 fully saturated rings. The molecule has 0 aromatic carbocycles. The summed E-state index contributed by atoms with van der Waals surface area (Å²) in [5.74, 6) is 0.300. The van der Waals surface area contributed by atoms with E-state index in [0.29, 0.717) is 30.7 Å². The van der Waals surface area contributed by atoms with E-state index in [4.69, 9.17) is 5.11 Å². The number of aliphatic carboxylic acids is 1. The third-order valence-corrected chi connectivity index (χ3v) is 6.58. The highest BCUT2D eigenvalue weighted by molar-refractivity contribution is 8.00. The van der Waals surface area contributed by atoms with Crippen LogP contribution in [0.5, 0.6) is 0 Å². The quantitative estimate of drug-likeness (QED) is 0.353. The number of nitrogens with one attached hydrogen (secondary N) is 2. The molecule has 2 saturated heterocycles. The molecule has 2 aliphatic heterocycles. The molecule has 7 nitrogen and oxygen atoms in total. The fraction of sp³-hybridized carbons (Fsp3) is 0.833. The van der Waals surface area contributed by atoms with Crippen LogP contribution in [-0.2, 0) is 9.59 Å². The molecule has 0 aliphatic carbocycles. The second-order valence-corrected chi connectivity index (χ2v) is 8.28. The zero-order valence-electron chi connectivity index (χ0n) is 15.5. The molecule has 0 aromatic rings. The van der Waals surface area contributed by atoms with Crippen molar-refractivity contribution in [3.8, 4) is 0 Å². The van der Waals surface area contributed by atoms with Crippen LogP contribution in [0, 0.1) is 0 Å². The molecule has 0 radical (unpaired) electrons. The normalized spacial score (nSPS) is 24.4. The van der Waals surface area contributed by atoms with Crippen molar-refractivity contribution in [1.29, 1.82) is 0 Å². The summed E-state index contributed by atoms with van der Waals surface area (Å²) in [5, 5.41) is 15.0. The summed E-state index contributed by atoms with van der Waals surface area (Å²) >= 11 is 1.94. The summed E-state index contributed by atoms with van der Waals surface area (Å²) < 4.78 is 0. The molecular weight excluding hydrogens is 354 g/mol. The van der Waals surface area contributed by atoms with Crippen molar-refractivity contribution in [2.45, 2.75) is 75.6 Å². The van der Waals surface area contributed by atoms with E-state index in [-0.39, 0.29) is 24.4 Å². The molecule has 0 spiro atoms. The lowest BCUT2D eigenvalue weighted by Crippen LogP contribution is -2.40. The Morgan fingerprint density at radius 1 is 1.23 bits per heavy atom. The predicted molar refractivity (Wildman–Crippen MR) is 102 cm³/mol. The van der Waals surface area contributed by atoms with Gasteiger partial charge >= 0.3 is 12.0 Å². The van der Waals surface area contributed by atoms with Crippen molar-refractivity contribution >= 4 is 29.7 Å². The average molecular weight is 386 g/mol. The largest absolute Gasteiger partial charge is 0.481 e. The molecule has 26 heavy (non-hydrogen) atoms. The third kappa shape index (κ3) is 6.07. The molecule has 3 atom stereocenters. The van der Waals surface area contributed by atoms with Crippen molar-refractivity contribution < 1.29 is 19.5 Å². The van der Waals surface area contributed by atoms with E-state index in [0.717, 1.165) is 44.4 Å². The first-order valence-corrected chi connectivity index (χ1v) is 10.7. The van der Waals surface area contributed by atoms with Gasteiger partial charge in [-0.1, -0.05) is 12.8 Å². The third-order valence-electron chi connectivity index (χ3n) is 5.09. The summed E-state index contributed by atoms with van der Waals surface area (Å²) in [5.41, 5.74) is 0. The number of rotatable bonds is 12. The first-order valence-electron chi connectivity index (χ1n) is 9.70. The minimum atomic E-state index is -0.763. The standard InChI is InChI=1S/C18H31N3O4S/c1-2-21-17-13(20-18(21)25)12-26-14(17)8-5-6-9-15(22)19-11-7-3-4-10-16(23)24/h13-14,17H,2-12H2,1H3,(H,19,22)(H,20,25)(H,23,24). The molecule has 8 heteroatoms. The Kier molecular flexibility index (Phi) is 8.54. The lowest BCUT2D eigenvalue weighted by atomic mass is 10.0. The van der Waals surface area contributed by atoms with Crippen LogP contribution >= 0.6 is 11.8 Å². The first kappa shape index (κ1) is 20.9. The Balaban J connectivity index is 1.53. The summed E-state index contributed by atoms with van der Waals surface area (Å²) in [6.45, 7) is 3.40. The van der Waals surface area contributed by atoms with Gasteiger partial charge in [-0.05, 0) is 32.6 Å². The van der Waals surface area contributed by atoms with Gasteiger partial charge in [0.15, 0.2) is 0 Å². The molecule has 0 bridgehead atoms. The summed E-state index contributed by atoms with van der Waals surface area (Å²) in [4.78, 5) is 36.1. The summed E-state index contributed by atoms with van der Waals surface area (Å²) in [6.07, 6.45) is 5.97. The van der Waals surface area contributed by atoms with Crippen LogP contribution in [0.4, 0.5) is 4.79 Å². The molecule has 3 amide bonds. The number of fused-ring (bicyclic) bond motifs is 1. The molecule has 148 valence electrons. The number of carbonyl (C=O) groups is 3. The van der Waals surface area contributed by atoms with E-state index in [1.807, 2.05) is 23.6 Å². The molecule has 2 heterocycles. The van der Waals surface area contributed by atoms with Crippen molar-refractivity contribution in [2.75, 3.05) is 18.8 Å². The van der Waals surface area contributed by atoms with E-state index in [1.165, 1.54) is 0 Å². The van der Waals surface area contributed by atoms with Gasteiger partial charge in [-0.2, -0.15) is 11.8 Å². The maximum atomic E-state index is 11.9. The van der Waals surface area contributed by atoms with E-state index in [9.17, 15) is 14.4 Å². The van der Waals surface area contributed by atoms with E-state index in [1.54, 1.807) is 0 Å². The fourth-order valence-corrected chi connectivity index (χ4v) is 5.34. The Morgan fingerprint density at radius 2 is 2.00 bits per heavy atom. The molecule has 3 N–H and O–H groups in total. The number of carboxylic acids is 1. The number of hydrogen-bond acceptors (Lipinski definition) is 4. The van der Waals surface area contributed by atoms with Crippen molar-refractivity contribution in [1.82, 2.24) is 15.5 Å². The Morgan fingerprint density at radius 3 is 2.73 bits per heavy atom. The molecule has 2 aliphatic rings. The van der Waals surface area contributed by atoms with Crippen LogP contribution < -0.4 is 10.6 Å². The zero-order chi connectivity index (χ0) is 18.9. The number of likely N-dealkylation sites (N-methyl/N-ethyl adjacent to an activating group) is 1. The second-order valence-electron chi connectivity index (χ2n) is 7.00. The Hall–Kier alpha value is -1.44. The van der Waals surface area contributed by atoms with Crippen LogP contribution in [0.2, 0.25) is 0 Å². The number of carboxylic acid groups (broad SMARTS) is 1. The number of unbranched alkanes of at least 4 members (excludes halogenated alkanes) is 3. The monoisotopic (exact) mass is 385 g/mol. The van der Waals surface area contributed by atoms with Crippen molar-refractivity contribution in [3.05, 3.63) is 0 Å². The van der Waals surface area contributed by atoms with Gasteiger partial charge in [-0.3, -0.25) is 9.59 Å². The minimum absolute atomic E-state index is 0.0653. The Labute approximate surface area is 159 Å². The van der Waals surface area contributed by atoms with Gasteiger partial charge in [-0.25, -0.2) is 4.79 Å². The number of carbonyl (C=O) groups excluding carboxylic acids is 2. The van der Waals surface area contributed by atoms with Crippen molar-refractivity contribution in [2.24, 2.45) is 0 Å². The van der Waals surface area contributed by atoms with Gasteiger partial charge in [0, 0.05) is 36.9 Å². The second kappa shape index (κ2) is 10.6.